The van der Waals surface area contributed by atoms with Crippen LogP contribution >= 0.6 is 0 Å². The van der Waals surface area contributed by atoms with Crippen LogP contribution in [-0.4, -0.2) is 20.7 Å². The molecular formula is C20H21N3O. The summed E-state index contributed by atoms with van der Waals surface area (Å²) in [6.45, 7) is 3.80. The van der Waals surface area contributed by atoms with Gasteiger partial charge in [-0.25, -0.2) is 0 Å². The van der Waals surface area contributed by atoms with E-state index in [0.29, 0.717) is 0 Å². The lowest BCUT2D eigenvalue weighted by Crippen LogP contribution is -1.99. The molecule has 0 radical (unpaired) electrons. The molecule has 0 saturated carbocycles. The second-order valence-electron chi connectivity index (χ2n) is 5.86. The van der Waals surface area contributed by atoms with Gasteiger partial charge in [-0.05, 0) is 49.6 Å². The van der Waals surface area contributed by atoms with E-state index in [0.717, 1.165) is 52.9 Å². The van der Waals surface area contributed by atoms with Crippen molar-refractivity contribution in [1.29, 1.82) is 0 Å². The summed E-state index contributed by atoms with van der Waals surface area (Å²) in [5, 5.41) is 0. The van der Waals surface area contributed by atoms with E-state index in [9.17, 15) is 4.79 Å². The SMILES string of the molecule is CCCCc1c(-c2ccncc2)[nH]c(-c2ccncc2)c1C(C)=O. The van der Waals surface area contributed by atoms with Gasteiger partial charge in [0.05, 0.1) is 5.69 Å². The maximum Gasteiger partial charge on any atom is 0.162 e. The molecule has 1 N–H and O–H groups in total. The first kappa shape index (κ1) is 16.1. The molecule has 3 aromatic heterocycles. The van der Waals surface area contributed by atoms with Crippen LogP contribution in [0.15, 0.2) is 49.1 Å². The second kappa shape index (κ2) is 7.21. The van der Waals surface area contributed by atoms with E-state index >= 15 is 0 Å². The lowest BCUT2D eigenvalue weighted by atomic mass is 9.96. The molecule has 0 atom stereocenters. The van der Waals surface area contributed by atoms with Crippen molar-refractivity contribution >= 4 is 5.78 Å². The highest BCUT2D eigenvalue weighted by atomic mass is 16.1. The van der Waals surface area contributed by atoms with E-state index < -0.39 is 0 Å². The van der Waals surface area contributed by atoms with Crippen molar-refractivity contribution < 1.29 is 4.79 Å². The number of nitrogens with zero attached hydrogens (tertiary/aromatic N) is 2. The summed E-state index contributed by atoms with van der Waals surface area (Å²) in [6.07, 6.45) is 10.1. The zero-order chi connectivity index (χ0) is 16.9. The Bertz CT molecular complexity index is 823. The fraction of sp³-hybridized carbons (Fsp3) is 0.250. The van der Waals surface area contributed by atoms with Gasteiger partial charge in [0.25, 0.3) is 0 Å². The third kappa shape index (κ3) is 3.13. The van der Waals surface area contributed by atoms with Crippen molar-refractivity contribution in [2.24, 2.45) is 0 Å². The highest BCUT2D eigenvalue weighted by Gasteiger charge is 2.22. The number of Topliss-reactive ketones (excluding diaryl/α,β-unsaturated/α-hetero) is 1. The first-order valence-corrected chi connectivity index (χ1v) is 8.29. The fourth-order valence-electron chi connectivity index (χ4n) is 3.03. The molecule has 0 aliphatic heterocycles. The lowest BCUT2D eigenvalue weighted by Gasteiger charge is -2.06. The average Bonchev–Trinajstić information content (AvgIpc) is 3.01. The molecular weight excluding hydrogens is 298 g/mol. The Kier molecular flexibility index (Phi) is 4.85. The molecule has 0 fully saturated rings. The van der Waals surface area contributed by atoms with Gasteiger partial charge in [0, 0.05) is 47.2 Å². The maximum atomic E-state index is 12.4. The third-order valence-electron chi connectivity index (χ3n) is 4.17. The average molecular weight is 319 g/mol. The third-order valence-corrected chi connectivity index (χ3v) is 4.17. The number of aromatic nitrogens is 3. The molecule has 0 aliphatic carbocycles. The van der Waals surface area contributed by atoms with Gasteiger partial charge in [-0.1, -0.05) is 13.3 Å². The summed E-state index contributed by atoms with van der Waals surface area (Å²) in [5.74, 6) is 0.0875. The molecule has 4 heteroatoms. The number of aromatic amines is 1. The molecule has 0 spiro atoms. The Hall–Kier alpha value is -2.75. The Balaban J connectivity index is 2.23. The molecule has 0 aromatic carbocycles. The van der Waals surface area contributed by atoms with Gasteiger partial charge in [0.2, 0.25) is 0 Å². The molecule has 3 aromatic rings. The van der Waals surface area contributed by atoms with Gasteiger partial charge in [0.1, 0.15) is 0 Å². The Morgan fingerprint density at radius 3 is 2.00 bits per heavy atom. The van der Waals surface area contributed by atoms with Crippen LogP contribution in [0.1, 0.15) is 42.6 Å². The number of pyridine rings is 2. The predicted molar refractivity (Wildman–Crippen MR) is 95.9 cm³/mol. The number of hydrogen-bond donors (Lipinski definition) is 1. The maximum absolute atomic E-state index is 12.4. The normalized spacial score (nSPS) is 10.8. The van der Waals surface area contributed by atoms with Crippen molar-refractivity contribution in [2.45, 2.75) is 33.1 Å². The number of unbranched alkanes of at least 4 members (excludes halogenated alkanes) is 1. The van der Waals surface area contributed by atoms with Gasteiger partial charge >= 0.3 is 0 Å². The van der Waals surface area contributed by atoms with Crippen LogP contribution in [0, 0.1) is 0 Å². The summed E-state index contributed by atoms with van der Waals surface area (Å²) in [7, 11) is 0. The topological polar surface area (TPSA) is 58.6 Å². The predicted octanol–water partition coefficient (Wildman–Crippen LogP) is 4.68. The van der Waals surface area contributed by atoms with Crippen molar-refractivity contribution in [3.05, 3.63) is 60.2 Å². The van der Waals surface area contributed by atoms with Crippen LogP contribution in [0.25, 0.3) is 22.5 Å². The molecule has 24 heavy (non-hydrogen) atoms. The second-order valence-corrected chi connectivity index (χ2v) is 5.86. The van der Waals surface area contributed by atoms with Gasteiger partial charge in [0.15, 0.2) is 5.78 Å². The van der Waals surface area contributed by atoms with Gasteiger partial charge in [-0.15, -0.1) is 0 Å². The minimum absolute atomic E-state index is 0.0875. The zero-order valence-corrected chi connectivity index (χ0v) is 14.0. The molecule has 3 heterocycles. The standard InChI is InChI=1S/C20H21N3O/c1-3-4-5-17-18(14(2)24)20(16-8-12-22-13-9-16)23-19(17)15-6-10-21-11-7-15/h6-13,23H,3-5H2,1-2H3. The minimum Gasteiger partial charge on any atom is -0.354 e. The number of hydrogen-bond acceptors (Lipinski definition) is 3. The molecule has 0 amide bonds. The van der Waals surface area contributed by atoms with Crippen LogP contribution in [0.2, 0.25) is 0 Å². The first-order chi connectivity index (χ1) is 11.7. The number of nitrogens with one attached hydrogen (secondary N) is 1. The van der Waals surface area contributed by atoms with E-state index in [4.69, 9.17) is 0 Å². The van der Waals surface area contributed by atoms with Crippen LogP contribution in [0.3, 0.4) is 0 Å². The summed E-state index contributed by atoms with van der Waals surface area (Å²) in [4.78, 5) is 24.1. The van der Waals surface area contributed by atoms with Crippen molar-refractivity contribution in [3.8, 4) is 22.5 Å². The highest BCUT2D eigenvalue weighted by Crippen LogP contribution is 2.35. The largest absolute Gasteiger partial charge is 0.354 e. The van der Waals surface area contributed by atoms with E-state index in [-0.39, 0.29) is 5.78 Å². The molecule has 122 valence electrons. The molecule has 0 aliphatic rings. The Morgan fingerprint density at radius 2 is 1.50 bits per heavy atom. The Morgan fingerprint density at radius 1 is 0.958 bits per heavy atom. The van der Waals surface area contributed by atoms with Crippen molar-refractivity contribution in [2.75, 3.05) is 0 Å². The van der Waals surface area contributed by atoms with E-state index in [1.807, 2.05) is 24.3 Å². The number of ketones is 1. The minimum atomic E-state index is 0.0875. The molecule has 0 unspecified atom stereocenters. The van der Waals surface area contributed by atoms with Gasteiger partial charge < -0.3 is 4.98 Å². The summed E-state index contributed by atoms with van der Waals surface area (Å²) in [6, 6.07) is 7.81. The summed E-state index contributed by atoms with van der Waals surface area (Å²) in [5.41, 5.74) is 5.82. The lowest BCUT2D eigenvalue weighted by molar-refractivity contribution is 0.101. The van der Waals surface area contributed by atoms with E-state index in [1.165, 1.54) is 0 Å². The van der Waals surface area contributed by atoms with Crippen molar-refractivity contribution in [3.63, 3.8) is 0 Å². The first-order valence-electron chi connectivity index (χ1n) is 8.29. The molecule has 0 saturated heterocycles. The van der Waals surface area contributed by atoms with Crippen LogP contribution in [0.4, 0.5) is 0 Å². The number of H-pyrrole nitrogens is 1. The Labute approximate surface area is 142 Å². The summed E-state index contributed by atoms with van der Waals surface area (Å²) < 4.78 is 0. The molecule has 0 bridgehead atoms. The van der Waals surface area contributed by atoms with E-state index in [1.54, 1.807) is 31.7 Å². The van der Waals surface area contributed by atoms with Crippen LogP contribution in [-0.2, 0) is 6.42 Å². The van der Waals surface area contributed by atoms with Gasteiger partial charge in [-0.2, -0.15) is 0 Å². The quantitative estimate of drug-likeness (QED) is 0.671. The van der Waals surface area contributed by atoms with Gasteiger partial charge in [-0.3, -0.25) is 14.8 Å². The number of carbonyl (C=O) groups excluding carboxylic acids is 1. The van der Waals surface area contributed by atoms with Crippen LogP contribution < -0.4 is 0 Å². The smallest absolute Gasteiger partial charge is 0.162 e. The highest BCUT2D eigenvalue weighted by molar-refractivity contribution is 6.03. The number of rotatable bonds is 6. The summed E-state index contributed by atoms with van der Waals surface area (Å²) >= 11 is 0. The van der Waals surface area contributed by atoms with Crippen molar-refractivity contribution in [1.82, 2.24) is 15.0 Å². The zero-order valence-electron chi connectivity index (χ0n) is 14.0. The number of carbonyl (C=O) groups is 1. The van der Waals surface area contributed by atoms with E-state index in [2.05, 4.69) is 21.9 Å². The fourth-order valence-corrected chi connectivity index (χ4v) is 3.03. The van der Waals surface area contributed by atoms with Crippen LogP contribution in [0.5, 0.6) is 0 Å². The molecule has 4 nitrogen and oxygen atoms in total. The molecule has 3 rings (SSSR count). The monoisotopic (exact) mass is 319 g/mol.